The summed E-state index contributed by atoms with van der Waals surface area (Å²) < 4.78 is 0. The van der Waals surface area contributed by atoms with E-state index in [9.17, 15) is 14.4 Å². The van der Waals surface area contributed by atoms with E-state index in [4.69, 9.17) is 5.11 Å². The molecule has 6 nitrogen and oxygen atoms in total. The first-order valence-electron chi connectivity index (χ1n) is 8.32. The first-order chi connectivity index (χ1) is 12.0. The summed E-state index contributed by atoms with van der Waals surface area (Å²) in [5, 5.41) is 16.4. The van der Waals surface area contributed by atoms with Crippen LogP contribution in [0.25, 0.3) is 10.8 Å². The number of aliphatic carboxylic acids is 1. The van der Waals surface area contributed by atoms with Gasteiger partial charge in [0.2, 0.25) is 11.8 Å². The molecule has 0 bridgehead atoms. The van der Waals surface area contributed by atoms with Crippen LogP contribution in [0.4, 0.5) is 5.69 Å². The molecule has 3 N–H and O–H groups in total. The molecule has 3 rings (SSSR count). The fourth-order valence-corrected chi connectivity index (χ4v) is 3.28. The molecule has 130 valence electrons. The highest BCUT2D eigenvalue weighted by Gasteiger charge is 2.33. The molecular weight excluding hydrogens is 320 g/mol. The molecule has 0 radical (unpaired) electrons. The summed E-state index contributed by atoms with van der Waals surface area (Å²) in [5.74, 6) is -2.20. The van der Waals surface area contributed by atoms with Crippen LogP contribution in [0.5, 0.6) is 0 Å². The standard InChI is InChI=1S/C19H20N2O4/c22-17(11-20-18(23)13-8-9-14(10-13)19(24)25)21-16-7-3-5-12-4-1-2-6-15(12)16/h1-7,13-14H,8-11H2,(H,20,23)(H,21,22)(H,24,25)/t13-,14+/m0/s1. The van der Waals surface area contributed by atoms with Gasteiger partial charge in [-0.2, -0.15) is 0 Å². The Bertz CT molecular complexity index is 813. The smallest absolute Gasteiger partial charge is 0.306 e. The van der Waals surface area contributed by atoms with Crippen LogP contribution in [0.1, 0.15) is 19.3 Å². The summed E-state index contributed by atoms with van der Waals surface area (Å²) in [7, 11) is 0. The maximum absolute atomic E-state index is 12.1. The van der Waals surface area contributed by atoms with Crippen molar-refractivity contribution in [2.45, 2.75) is 19.3 Å². The van der Waals surface area contributed by atoms with Crippen LogP contribution >= 0.6 is 0 Å². The van der Waals surface area contributed by atoms with Crippen molar-refractivity contribution in [3.8, 4) is 0 Å². The van der Waals surface area contributed by atoms with Gasteiger partial charge in [-0.1, -0.05) is 36.4 Å². The minimum Gasteiger partial charge on any atom is -0.481 e. The number of fused-ring (bicyclic) bond motifs is 1. The van der Waals surface area contributed by atoms with Crippen LogP contribution in [0.3, 0.4) is 0 Å². The summed E-state index contributed by atoms with van der Waals surface area (Å²) in [6, 6.07) is 13.4. The first-order valence-corrected chi connectivity index (χ1v) is 8.32. The van der Waals surface area contributed by atoms with Gasteiger partial charge in [0.05, 0.1) is 12.5 Å². The van der Waals surface area contributed by atoms with Crippen molar-refractivity contribution in [3.05, 3.63) is 42.5 Å². The van der Waals surface area contributed by atoms with E-state index >= 15 is 0 Å². The Hall–Kier alpha value is -2.89. The van der Waals surface area contributed by atoms with Gasteiger partial charge in [0.1, 0.15) is 0 Å². The lowest BCUT2D eigenvalue weighted by atomic mass is 10.0. The maximum Gasteiger partial charge on any atom is 0.306 e. The highest BCUT2D eigenvalue weighted by atomic mass is 16.4. The van der Waals surface area contributed by atoms with E-state index in [1.807, 2.05) is 42.5 Å². The Morgan fingerprint density at radius 2 is 1.72 bits per heavy atom. The highest BCUT2D eigenvalue weighted by molar-refractivity contribution is 6.03. The molecule has 2 amide bonds. The second-order valence-electron chi connectivity index (χ2n) is 6.34. The summed E-state index contributed by atoms with van der Waals surface area (Å²) in [5.41, 5.74) is 0.698. The molecule has 0 spiro atoms. The molecule has 2 aromatic carbocycles. The predicted molar refractivity (Wildman–Crippen MR) is 94.1 cm³/mol. The number of nitrogens with one attached hydrogen (secondary N) is 2. The topological polar surface area (TPSA) is 95.5 Å². The number of rotatable bonds is 5. The number of carbonyl (C=O) groups excluding carboxylic acids is 2. The van der Waals surface area contributed by atoms with E-state index in [1.54, 1.807) is 0 Å². The van der Waals surface area contributed by atoms with Gasteiger partial charge in [0.25, 0.3) is 0 Å². The Morgan fingerprint density at radius 1 is 1.00 bits per heavy atom. The van der Waals surface area contributed by atoms with E-state index < -0.39 is 11.9 Å². The van der Waals surface area contributed by atoms with E-state index in [1.165, 1.54) is 0 Å². The number of benzene rings is 2. The number of carboxylic acid groups (broad SMARTS) is 1. The van der Waals surface area contributed by atoms with Crippen LogP contribution < -0.4 is 10.6 Å². The predicted octanol–water partition coefficient (Wildman–Crippen LogP) is 2.40. The number of carboxylic acids is 1. The van der Waals surface area contributed by atoms with Crippen LogP contribution in [0, 0.1) is 11.8 Å². The third kappa shape index (κ3) is 3.96. The lowest BCUT2D eigenvalue weighted by Gasteiger charge is -2.12. The summed E-state index contributed by atoms with van der Waals surface area (Å²) in [6.45, 7) is -0.129. The van der Waals surface area contributed by atoms with Gasteiger partial charge in [-0.05, 0) is 30.7 Å². The van der Waals surface area contributed by atoms with Crippen molar-refractivity contribution in [3.63, 3.8) is 0 Å². The van der Waals surface area contributed by atoms with Crippen LogP contribution in [0.15, 0.2) is 42.5 Å². The molecule has 1 aliphatic rings. The zero-order valence-electron chi connectivity index (χ0n) is 13.7. The third-order valence-corrected chi connectivity index (χ3v) is 4.64. The van der Waals surface area contributed by atoms with Gasteiger partial charge in [-0.25, -0.2) is 0 Å². The second kappa shape index (κ2) is 7.34. The maximum atomic E-state index is 12.1. The highest BCUT2D eigenvalue weighted by Crippen LogP contribution is 2.31. The minimum atomic E-state index is -0.857. The molecule has 1 saturated carbocycles. The van der Waals surface area contributed by atoms with Gasteiger partial charge >= 0.3 is 5.97 Å². The molecule has 0 unspecified atom stereocenters. The SMILES string of the molecule is O=C(CNC(=O)[C@H]1CC[C@@H](C(=O)O)C1)Nc1cccc2ccccc12. The van der Waals surface area contributed by atoms with E-state index in [2.05, 4.69) is 10.6 Å². The molecular formula is C19H20N2O4. The molecule has 6 heteroatoms. The fourth-order valence-electron chi connectivity index (χ4n) is 3.28. The zero-order chi connectivity index (χ0) is 17.8. The monoisotopic (exact) mass is 340 g/mol. The number of hydrogen-bond donors (Lipinski definition) is 3. The van der Waals surface area contributed by atoms with Crippen molar-refractivity contribution in [2.24, 2.45) is 11.8 Å². The van der Waals surface area contributed by atoms with Crippen LogP contribution in [0.2, 0.25) is 0 Å². The Kier molecular flexibility index (Phi) is 4.97. The molecule has 0 aromatic heterocycles. The number of anilines is 1. The zero-order valence-corrected chi connectivity index (χ0v) is 13.7. The minimum absolute atomic E-state index is 0.129. The normalized spacial score (nSPS) is 19.5. The Labute approximate surface area is 145 Å². The van der Waals surface area contributed by atoms with Crippen molar-refractivity contribution in [1.82, 2.24) is 5.32 Å². The molecule has 2 aromatic rings. The molecule has 0 heterocycles. The molecule has 2 atom stereocenters. The lowest BCUT2D eigenvalue weighted by Crippen LogP contribution is -2.36. The number of amides is 2. The van der Waals surface area contributed by atoms with E-state index in [-0.39, 0.29) is 24.3 Å². The van der Waals surface area contributed by atoms with Gasteiger partial charge in [-0.3, -0.25) is 14.4 Å². The average molecular weight is 340 g/mol. The van der Waals surface area contributed by atoms with Crippen molar-refractivity contribution < 1.29 is 19.5 Å². The van der Waals surface area contributed by atoms with E-state index in [0.717, 1.165) is 10.8 Å². The van der Waals surface area contributed by atoms with Gasteiger partial charge in [0.15, 0.2) is 0 Å². The van der Waals surface area contributed by atoms with Crippen LogP contribution in [-0.2, 0) is 14.4 Å². The van der Waals surface area contributed by atoms with E-state index in [0.29, 0.717) is 24.9 Å². The third-order valence-electron chi connectivity index (χ3n) is 4.64. The molecule has 25 heavy (non-hydrogen) atoms. The molecule has 0 saturated heterocycles. The first kappa shape index (κ1) is 17.0. The van der Waals surface area contributed by atoms with Crippen molar-refractivity contribution >= 4 is 34.2 Å². The lowest BCUT2D eigenvalue weighted by molar-refractivity contribution is -0.141. The van der Waals surface area contributed by atoms with Crippen molar-refractivity contribution in [1.29, 1.82) is 0 Å². The number of carbonyl (C=O) groups is 3. The summed E-state index contributed by atoms with van der Waals surface area (Å²) in [4.78, 5) is 35.2. The largest absolute Gasteiger partial charge is 0.481 e. The molecule has 0 aliphatic heterocycles. The summed E-state index contributed by atoms with van der Waals surface area (Å²) >= 11 is 0. The van der Waals surface area contributed by atoms with Crippen LogP contribution in [-0.4, -0.2) is 29.4 Å². The Balaban J connectivity index is 1.54. The molecule has 1 aliphatic carbocycles. The fraction of sp³-hybridized carbons (Fsp3) is 0.316. The Morgan fingerprint density at radius 3 is 2.48 bits per heavy atom. The average Bonchev–Trinajstić information content (AvgIpc) is 3.10. The number of hydrogen-bond acceptors (Lipinski definition) is 3. The quantitative estimate of drug-likeness (QED) is 0.779. The van der Waals surface area contributed by atoms with Gasteiger partial charge in [0, 0.05) is 17.0 Å². The molecule has 1 fully saturated rings. The van der Waals surface area contributed by atoms with Gasteiger partial charge in [-0.15, -0.1) is 0 Å². The van der Waals surface area contributed by atoms with Crippen molar-refractivity contribution in [2.75, 3.05) is 11.9 Å². The summed E-state index contributed by atoms with van der Waals surface area (Å²) in [6.07, 6.45) is 1.40. The second-order valence-corrected chi connectivity index (χ2v) is 6.34. The van der Waals surface area contributed by atoms with Gasteiger partial charge < -0.3 is 15.7 Å².